The van der Waals surface area contributed by atoms with Gasteiger partial charge in [-0.3, -0.25) is 4.79 Å². The lowest BCUT2D eigenvalue weighted by atomic mass is 10.1. The van der Waals surface area contributed by atoms with Gasteiger partial charge in [0.05, 0.1) is 0 Å². The molecule has 0 radical (unpaired) electrons. The Hall–Kier alpha value is -2.11. The molecular weight excluding hydrogens is 186 g/mol. The van der Waals surface area contributed by atoms with Crippen LogP contribution in [-0.2, 0) is 4.79 Å². The molecule has 0 spiro atoms. The smallest absolute Gasteiger partial charge is 0.250 e. The summed E-state index contributed by atoms with van der Waals surface area (Å²) in [6.45, 7) is 0. The fourth-order valence-electron chi connectivity index (χ4n) is 1.05. The van der Waals surface area contributed by atoms with Crippen LogP contribution in [0.5, 0.6) is 0 Å². The van der Waals surface area contributed by atoms with Gasteiger partial charge < -0.3 is 5.73 Å². The molecule has 0 saturated heterocycles. The highest BCUT2D eigenvalue weighted by Crippen LogP contribution is 2.11. The summed E-state index contributed by atoms with van der Waals surface area (Å²) in [5, 5.41) is 9.38. The topological polar surface area (TPSA) is 98.3 Å². The number of nitro groups is 1. The summed E-state index contributed by atoms with van der Waals surface area (Å²) in [6, 6.07) is 7.18. The van der Waals surface area contributed by atoms with E-state index in [1.807, 2.05) is 5.43 Å². The van der Waals surface area contributed by atoms with E-state index in [-0.39, 0.29) is 0 Å². The van der Waals surface area contributed by atoms with Gasteiger partial charge in [0.25, 0.3) is 0 Å². The quantitative estimate of drug-likeness (QED) is 0.521. The third kappa shape index (κ3) is 2.44. The number of carbonyl (C=O) groups excluding carboxylic acids is 1. The van der Waals surface area contributed by atoms with E-state index in [0.29, 0.717) is 5.56 Å². The molecule has 0 aliphatic carbocycles. The van der Waals surface area contributed by atoms with Crippen LogP contribution < -0.4 is 11.2 Å². The predicted molar refractivity (Wildman–Crippen MR) is 48.5 cm³/mol. The summed E-state index contributed by atoms with van der Waals surface area (Å²) in [5.74, 6) is -0.784. The first kappa shape index (κ1) is 9.97. The summed E-state index contributed by atoms with van der Waals surface area (Å²) in [6.07, 6.45) is 0. The van der Waals surface area contributed by atoms with Crippen LogP contribution in [0.15, 0.2) is 30.3 Å². The Labute approximate surface area is 79.8 Å². The standard InChI is InChI=1S/C8H9N3O3/c9-8(12)7(10-11(13)14)6-4-2-1-3-5-6/h1-5,7,10H,(H2,9,12). The maximum Gasteiger partial charge on any atom is 0.250 e. The van der Waals surface area contributed by atoms with Gasteiger partial charge in [0.1, 0.15) is 0 Å². The molecule has 0 aliphatic rings. The zero-order valence-electron chi connectivity index (χ0n) is 7.21. The van der Waals surface area contributed by atoms with E-state index in [1.54, 1.807) is 30.3 Å². The van der Waals surface area contributed by atoms with Gasteiger partial charge in [-0.1, -0.05) is 30.3 Å². The summed E-state index contributed by atoms with van der Waals surface area (Å²) >= 11 is 0. The third-order valence-corrected chi connectivity index (χ3v) is 1.65. The van der Waals surface area contributed by atoms with E-state index in [0.717, 1.165) is 0 Å². The number of hydrogen-bond donors (Lipinski definition) is 2. The summed E-state index contributed by atoms with van der Waals surface area (Å²) in [4.78, 5) is 21.1. The van der Waals surface area contributed by atoms with Crippen molar-refractivity contribution in [2.24, 2.45) is 5.73 Å². The average Bonchev–Trinajstić information content (AvgIpc) is 2.15. The Morgan fingerprint density at radius 1 is 1.43 bits per heavy atom. The Morgan fingerprint density at radius 3 is 2.43 bits per heavy atom. The first-order valence-corrected chi connectivity index (χ1v) is 3.86. The van der Waals surface area contributed by atoms with Crippen LogP contribution in [0, 0.1) is 10.1 Å². The molecule has 0 fully saturated rings. The van der Waals surface area contributed by atoms with Gasteiger partial charge in [-0.2, -0.15) is 0 Å². The highest BCUT2D eigenvalue weighted by molar-refractivity contribution is 5.81. The molecule has 0 aliphatic heterocycles. The van der Waals surface area contributed by atoms with E-state index in [4.69, 9.17) is 5.73 Å². The molecule has 0 heterocycles. The monoisotopic (exact) mass is 195 g/mol. The number of rotatable bonds is 4. The minimum atomic E-state index is -1.09. The van der Waals surface area contributed by atoms with Gasteiger partial charge in [-0.25, -0.2) is 10.1 Å². The van der Waals surface area contributed by atoms with Gasteiger partial charge in [0, 0.05) is 0 Å². The van der Waals surface area contributed by atoms with Gasteiger partial charge in [-0.05, 0) is 5.56 Å². The maximum atomic E-state index is 10.9. The first-order valence-electron chi connectivity index (χ1n) is 3.86. The van der Waals surface area contributed by atoms with Gasteiger partial charge in [0.2, 0.25) is 5.91 Å². The highest BCUT2D eigenvalue weighted by Gasteiger charge is 2.21. The molecule has 1 aromatic rings. The van der Waals surface area contributed by atoms with Crippen molar-refractivity contribution in [3.8, 4) is 0 Å². The van der Waals surface area contributed by atoms with E-state index in [1.165, 1.54) is 0 Å². The molecule has 74 valence electrons. The van der Waals surface area contributed by atoms with Crippen LogP contribution in [-0.4, -0.2) is 10.9 Å². The Kier molecular flexibility index (Phi) is 3.01. The highest BCUT2D eigenvalue weighted by atomic mass is 16.7. The number of carbonyl (C=O) groups is 1. The van der Waals surface area contributed by atoms with Gasteiger partial charge in [0.15, 0.2) is 11.1 Å². The van der Waals surface area contributed by atoms with Crippen LogP contribution in [0.4, 0.5) is 0 Å². The number of benzene rings is 1. The maximum absolute atomic E-state index is 10.9. The zero-order valence-corrected chi connectivity index (χ0v) is 7.21. The van der Waals surface area contributed by atoms with Crippen LogP contribution in [0.2, 0.25) is 0 Å². The lowest BCUT2D eigenvalue weighted by molar-refractivity contribution is -0.549. The number of hydrazine groups is 1. The number of primary amides is 1. The number of nitrogens with two attached hydrogens (primary N) is 1. The van der Waals surface area contributed by atoms with Gasteiger partial charge >= 0.3 is 0 Å². The number of nitrogens with zero attached hydrogens (tertiary/aromatic N) is 1. The van der Waals surface area contributed by atoms with Crippen molar-refractivity contribution < 1.29 is 9.83 Å². The minimum Gasteiger partial charge on any atom is -0.367 e. The molecule has 1 rings (SSSR count). The minimum absolute atomic E-state index is 0.469. The van der Waals surface area contributed by atoms with Crippen molar-refractivity contribution in [1.82, 2.24) is 5.43 Å². The predicted octanol–water partition coefficient (Wildman–Crippen LogP) is -0.00570. The molecule has 1 unspecified atom stereocenters. The Bertz CT molecular complexity index is 339. The summed E-state index contributed by atoms with van der Waals surface area (Å²) in [7, 11) is 0. The van der Waals surface area contributed by atoms with Crippen molar-refractivity contribution in [1.29, 1.82) is 0 Å². The molecule has 0 bridgehead atoms. The van der Waals surface area contributed by atoms with E-state index < -0.39 is 17.0 Å². The summed E-state index contributed by atoms with van der Waals surface area (Å²) in [5.41, 5.74) is 7.32. The van der Waals surface area contributed by atoms with Crippen molar-refractivity contribution in [3.63, 3.8) is 0 Å². The lowest BCUT2D eigenvalue weighted by Gasteiger charge is -2.09. The molecule has 1 aromatic carbocycles. The molecular formula is C8H9N3O3. The number of hydrogen-bond acceptors (Lipinski definition) is 3. The second kappa shape index (κ2) is 4.22. The fraction of sp³-hybridized carbons (Fsp3) is 0.125. The molecule has 0 saturated carbocycles. The van der Waals surface area contributed by atoms with Crippen molar-refractivity contribution in [2.75, 3.05) is 0 Å². The van der Waals surface area contributed by atoms with E-state index in [2.05, 4.69) is 0 Å². The Balaban J connectivity index is 2.89. The normalized spacial score (nSPS) is 11.7. The zero-order chi connectivity index (χ0) is 10.6. The van der Waals surface area contributed by atoms with Crippen LogP contribution in [0.25, 0.3) is 0 Å². The first-order chi connectivity index (χ1) is 6.61. The molecule has 1 amide bonds. The second-order valence-electron chi connectivity index (χ2n) is 2.63. The van der Waals surface area contributed by atoms with Gasteiger partial charge in [-0.15, -0.1) is 5.43 Å². The SMILES string of the molecule is NC(=O)C(N[N+](=O)[O-])c1ccccc1. The average molecular weight is 195 g/mol. The lowest BCUT2D eigenvalue weighted by Crippen LogP contribution is -2.36. The van der Waals surface area contributed by atoms with E-state index in [9.17, 15) is 14.9 Å². The van der Waals surface area contributed by atoms with Crippen LogP contribution >= 0.6 is 0 Å². The molecule has 6 heteroatoms. The molecule has 0 aromatic heterocycles. The summed E-state index contributed by atoms with van der Waals surface area (Å²) < 4.78 is 0. The van der Waals surface area contributed by atoms with Crippen molar-refractivity contribution in [2.45, 2.75) is 6.04 Å². The van der Waals surface area contributed by atoms with Crippen LogP contribution in [0.3, 0.4) is 0 Å². The Morgan fingerprint density at radius 2 is 2.00 bits per heavy atom. The number of nitrogens with one attached hydrogen (secondary N) is 1. The van der Waals surface area contributed by atoms with Crippen molar-refractivity contribution >= 4 is 5.91 Å². The van der Waals surface area contributed by atoms with Crippen molar-refractivity contribution in [3.05, 3.63) is 46.0 Å². The number of amides is 1. The second-order valence-corrected chi connectivity index (χ2v) is 2.63. The molecule has 1 atom stereocenters. The fourth-order valence-corrected chi connectivity index (χ4v) is 1.05. The molecule has 14 heavy (non-hydrogen) atoms. The largest absolute Gasteiger partial charge is 0.367 e. The van der Waals surface area contributed by atoms with Crippen LogP contribution in [0.1, 0.15) is 11.6 Å². The third-order valence-electron chi connectivity index (χ3n) is 1.65. The molecule has 3 N–H and O–H groups in total. The molecule has 6 nitrogen and oxygen atoms in total. The van der Waals surface area contributed by atoms with E-state index >= 15 is 0 Å².